The van der Waals surface area contributed by atoms with Crippen LogP contribution >= 0.6 is 15.9 Å². The third-order valence-electron chi connectivity index (χ3n) is 3.15. The fourth-order valence-electron chi connectivity index (χ4n) is 2.15. The molecular weight excluding hydrogens is 328 g/mol. The number of nitrogens with zero attached hydrogens (tertiary/aromatic N) is 2. The third-order valence-corrected chi connectivity index (χ3v) is 3.90. The van der Waals surface area contributed by atoms with Crippen LogP contribution in [0.5, 0.6) is 0 Å². The Kier molecular flexibility index (Phi) is 4.01. The molecule has 2 N–H and O–H groups in total. The Morgan fingerprint density at radius 2 is 1.76 bits per heavy atom. The molecule has 3 aromatic rings. The van der Waals surface area contributed by atoms with Gasteiger partial charge in [0, 0.05) is 12.2 Å². The second kappa shape index (κ2) is 6.10. The molecular formula is C16H15BrN4. The zero-order valence-electron chi connectivity index (χ0n) is 11.6. The molecule has 0 saturated heterocycles. The number of hydrogen-bond acceptors (Lipinski definition) is 4. The smallest absolute Gasteiger partial charge is 0.150 e. The fraction of sp³-hybridized carbons (Fsp3) is 0.125. The first-order valence-electron chi connectivity index (χ1n) is 6.78. The molecule has 0 aliphatic carbocycles. The summed E-state index contributed by atoms with van der Waals surface area (Å²) in [6.45, 7) is 2.84. The van der Waals surface area contributed by atoms with E-state index >= 15 is 0 Å². The molecule has 106 valence electrons. The Morgan fingerprint density at radius 1 is 1.00 bits per heavy atom. The third kappa shape index (κ3) is 2.97. The molecule has 2 aromatic carbocycles. The van der Waals surface area contributed by atoms with Gasteiger partial charge in [0.25, 0.3) is 0 Å². The van der Waals surface area contributed by atoms with Crippen LogP contribution in [0.2, 0.25) is 0 Å². The van der Waals surface area contributed by atoms with Gasteiger partial charge in [-0.1, -0.05) is 30.3 Å². The lowest BCUT2D eigenvalue weighted by Gasteiger charge is -2.11. The monoisotopic (exact) mass is 342 g/mol. The quantitative estimate of drug-likeness (QED) is 0.729. The molecule has 0 atom stereocenters. The number of hydrogen-bond donors (Lipinski definition) is 2. The molecule has 0 spiro atoms. The molecule has 0 saturated carbocycles. The van der Waals surface area contributed by atoms with Gasteiger partial charge in [0.1, 0.15) is 22.4 Å². The summed E-state index contributed by atoms with van der Waals surface area (Å²) in [4.78, 5) is 8.50. The van der Waals surface area contributed by atoms with Gasteiger partial charge in [-0.25, -0.2) is 9.97 Å². The van der Waals surface area contributed by atoms with Crippen LogP contribution in [0, 0.1) is 0 Å². The lowest BCUT2D eigenvalue weighted by molar-refractivity contribution is 1.10. The van der Waals surface area contributed by atoms with E-state index in [2.05, 4.69) is 60.8 Å². The van der Waals surface area contributed by atoms with Crippen molar-refractivity contribution in [3.8, 4) is 0 Å². The van der Waals surface area contributed by atoms with Crippen molar-refractivity contribution < 1.29 is 0 Å². The van der Waals surface area contributed by atoms with Crippen LogP contribution in [0.25, 0.3) is 10.8 Å². The van der Waals surface area contributed by atoms with E-state index in [0.717, 1.165) is 28.3 Å². The molecule has 5 heteroatoms. The Hall–Kier alpha value is -2.14. The topological polar surface area (TPSA) is 49.8 Å². The lowest BCUT2D eigenvalue weighted by atomic mass is 10.1. The number of halogens is 1. The molecule has 0 bridgehead atoms. The Balaban J connectivity index is 1.93. The number of aromatic nitrogens is 2. The average Bonchev–Trinajstić information content (AvgIpc) is 2.51. The van der Waals surface area contributed by atoms with Gasteiger partial charge in [-0.05, 0) is 45.8 Å². The Labute approximate surface area is 131 Å². The first kappa shape index (κ1) is 13.8. The number of rotatable bonds is 4. The summed E-state index contributed by atoms with van der Waals surface area (Å²) in [7, 11) is 0. The van der Waals surface area contributed by atoms with E-state index in [1.807, 2.05) is 25.1 Å². The minimum Gasteiger partial charge on any atom is -0.369 e. The maximum absolute atomic E-state index is 4.29. The van der Waals surface area contributed by atoms with Crippen LogP contribution in [0.1, 0.15) is 6.92 Å². The predicted octanol–water partition coefficient (Wildman–Crippen LogP) is 4.57. The minimum atomic E-state index is 0.747. The second-order valence-electron chi connectivity index (χ2n) is 4.60. The highest BCUT2D eigenvalue weighted by molar-refractivity contribution is 9.10. The van der Waals surface area contributed by atoms with E-state index in [4.69, 9.17) is 0 Å². The summed E-state index contributed by atoms with van der Waals surface area (Å²) in [5.74, 6) is 1.53. The summed E-state index contributed by atoms with van der Waals surface area (Å²) < 4.78 is 0.833. The largest absolute Gasteiger partial charge is 0.369 e. The van der Waals surface area contributed by atoms with Crippen molar-refractivity contribution in [3.63, 3.8) is 0 Å². The number of fused-ring (bicyclic) bond motifs is 1. The molecule has 0 radical (unpaired) electrons. The summed E-state index contributed by atoms with van der Waals surface area (Å²) >= 11 is 3.54. The van der Waals surface area contributed by atoms with Crippen LogP contribution in [-0.4, -0.2) is 16.5 Å². The summed E-state index contributed by atoms with van der Waals surface area (Å²) in [6.07, 6.45) is 1.55. The van der Waals surface area contributed by atoms with Gasteiger partial charge in [0.2, 0.25) is 0 Å². The van der Waals surface area contributed by atoms with Crippen LogP contribution in [0.3, 0.4) is 0 Å². The lowest BCUT2D eigenvalue weighted by Crippen LogP contribution is -2.03. The van der Waals surface area contributed by atoms with E-state index in [1.165, 1.54) is 10.8 Å². The zero-order valence-corrected chi connectivity index (χ0v) is 13.2. The highest BCUT2D eigenvalue weighted by atomic mass is 79.9. The molecule has 0 amide bonds. The number of nitrogens with one attached hydrogen (secondary N) is 2. The molecule has 3 rings (SSSR count). The first-order chi connectivity index (χ1) is 10.3. The van der Waals surface area contributed by atoms with Crippen LogP contribution in [-0.2, 0) is 0 Å². The van der Waals surface area contributed by atoms with Crippen molar-refractivity contribution in [1.82, 2.24) is 9.97 Å². The minimum absolute atomic E-state index is 0.747. The highest BCUT2D eigenvalue weighted by Gasteiger charge is 2.08. The Bertz CT molecular complexity index is 773. The summed E-state index contributed by atoms with van der Waals surface area (Å²) in [6, 6.07) is 14.5. The van der Waals surface area contributed by atoms with Crippen molar-refractivity contribution in [2.75, 3.05) is 17.2 Å². The van der Waals surface area contributed by atoms with Crippen LogP contribution in [0.4, 0.5) is 17.3 Å². The first-order valence-corrected chi connectivity index (χ1v) is 7.57. The van der Waals surface area contributed by atoms with Crippen molar-refractivity contribution >= 4 is 44.0 Å². The standard InChI is InChI=1S/C16H15BrN4/c1-2-18-15-14(17)16(20-10-19-15)21-13-8-7-11-5-3-4-6-12(11)9-13/h3-10H,2H2,1H3,(H2,18,19,20,21). The van der Waals surface area contributed by atoms with Crippen molar-refractivity contribution in [2.45, 2.75) is 6.92 Å². The van der Waals surface area contributed by atoms with E-state index < -0.39 is 0 Å². The van der Waals surface area contributed by atoms with Crippen molar-refractivity contribution in [1.29, 1.82) is 0 Å². The summed E-state index contributed by atoms with van der Waals surface area (Å²) in [5.41, 5.74) is 0.996. The predicted molar refractivity (Wildman–Crippen MR) is 91.1 cm³/mol. The Morgan fingerprint density at radius 3 is 2.57 bits per heavy atom. The van der Waals surface area contributed by atoms with E-state index in [-0.39, 0.29) is 0 Å². The van der Waals surface area contributed by atoms with Crippen molar-refractivity contribution in [3.05, 3.63) is 53.3 Å². The molecule has 21 heavy (non-hydrogen) atoms. The van der Waals surface area contributed by atoms with Gasteiger partial charge in [-0.3, -0.25) is 0 Å². The van der Waals surface area contributed by atoms with Gasteiger partial charge in [0.05, 0.1) is 0 Å². The normalized spacial score (nSPS) is 10.6. The van der Waals surface area contributed by atoms with E-state index in [9.17, 15) is 0 Å². The van der Waals surface area contributed by atoms with Gasteiger partial charge >= 0.3 is 0 Å². The second-order valence-corrected chi connectivity index (χ2v) is 5.40. The van der Waals surface area contributed by atoms with Crippen LogP contribution < -0.4 is 10.6 Å². The highest BCUT2D eigenvalue weighted by Crippen LogP contribution is 2.29. The maximum Gasteiger partial charge on any atom is 0.150 e. The number of benzene rings is 2. The van der Waals surface area contributed by atoms with Gasteiger partial charge in [-0.15, -0.1) is 0 Å². The molecule has 0 unspecified atom stereocenters. The fourth-order valence-corrected chi connectivity index (χ4v) is 2.60. The molecule has 0 aliphatic heterocycles. The summed E-state index contributed by atoms with van der Waals surface area (Å²) in [5, 5.41) is 8.93. The molecule has 1 heterocycles. The average molecular weight is 343 g/mol. The van der Waals surface area contributed by atoms with Gasteiger partial charge < -0.3 is 10.6 Å². The van der Waals surface area contributed by atoms with Crippen LogP contribution in [0.15, 0.2) is 53.3 Å². The molecule has 4 nitrogen and oxygen atoms in total. The molecule has 0 fully saturated rings. The van der Waals surface area contributed by atoms with Gasteiger partial charge in [-0.2, -0.15) is 0 Å². The van der Waals surface area contributed by atoms with Crippen molar-refractivity contribution in [2.24, 2.45) is 0 Å². The van der Waals surface area contributed by atoms with Gasteiger partial charge in [0.15, 0.2) is 0 Å². The zero-order chi connectivity index (χ0) is 14.7. The molecule has 1 aromatic heterocycles. The molecule has 0 aliphatic rings. The number of anilines is 3. The maximum atomic E-state index is 4.29. The van der Waals surface area contributed by atoms with E-state index in [1.54, 1.807) is 6.33 Å². The SMILES string of the molecule is CCNc1ncnc(Nc2ccc3ccccc3c2)c1Br. The van der Waals surface area contributed by atoms with E-state index in [0.29, 0.717) is 0 Å².